The van der Waals surface area contributed by atoms with E-state index in [9.17, 15) is 4.79 Å². The molecule has 1 aliphatic rings. The molecular formula is C16H24Cl2N3O+. The summed E-state index contributed by atoms with van der Waals surface area (Å²) >= 11 is 12.0. The number of halogens is 2. The van der Waals surface area contributed by atoms with Crippen molar-refractivity contribution in [3.63, 3.8) is 0 Å². The van der Waals surface area contributed by atoms with E-state index in [0.29, 0.717) is 10.0 Å². The number of rotatable bonds is 5. The summed E-state index contributed by atoms with van der Waals surface area (Å²) in [6.07, 6.45) is 2.14. The summed E-state index contributed by atoms with van der Waals surface area (Å²) < 4.78 is 0. The van der Waals surface area contributed by atoms with Crippen LogP contribution in [0.5, 0.6) is 0 Å². The zero-order valence-corrected chi connectivity index (χ0v) is 14.5. The molecule has 22 heavy (non-hydrogen) atoms. The quantitative estimate of drug-likeness (QED) is 0.789. The molecule has 4 nitrogen and oxygen atoms in total. The Labute approximate surface area is 142 Å². The Kier molecular flexibility index (Phi) is 6.80. The van der Waals surface area contributed by atoms with E-state index in [4.69, 9.17) is 23.2 Å². The number of unbranched alkanes of at least 4 members (excludes halogenated alkanes) is 1. The van der Waals surface area contributed by atoms with Gasteiger partial charge in [-0.15, -0.1) is 0 Å². The molecule has 0 aromatic heterocycles. The summed E-state index contributed by atoms with van der Waals surface area (Å²) in [5.41, 5.74) is 1.19. The zero-order chi connectivity index (χ0) is 15.9. The third-order valence-electron chi connectivity index (χ3n) is 4.00. The first-order valence-corrected chi connectivity index (χ1v) is 8.66. The summed E-state index contributed by atoms with van der Waals surface area (Å²) in [6, 6.07) is 5.86. The first-order valence-electron chi connectivity index (χ1n) is 7.90. The monoisotopic (exact) mass is 344 g/mol. The van der Waals surface area contributed by atoms with Crippen molar-refractivity contribution in [1.82, 2.24) is 10.2 Å². The van der Waals surface area contributed by atoms with E-state index in [1.54, 1.807) is 0 Å². The van der Waals surface area contributed by atoms with Crippen molar-refractivity contribution in [1.29, 1.82) is 0 Å². The molecule has 1 aromatic carbocycles. The molecule has 2 N–H and O–H groups in total. The molecule has 0 bridgehead atoms. The van der Waals surface area contributed by atoms with Crippen molar-refractivity contribution in [3.05, 3.63) is 33.8 Å². The number of hydrogen-bond donors (Lipinski definition) is 2. The van der Waals surface area contributed by atoms with Crippen LogP contribution in [0.15, 0.2) is 18.2 Å². The second-order valence-electron chi connectivity index (χ2n) is 5.75. The van der Waals surface area contributed by atoms with Crippen molar-refractivity contribution in [2.45, 2.75) is 26.3 Å². The topological polar surface area (TPSA) is 36.8 Å². The van der Waals surface area contributed by atoms with Gasteiger partial charge in [0.2, 0.25) is 0 Å². The van der Waals surface area contributed by atoms with Gasteiger partial charge in [-0.25, -0.2) is 4.79 Å². The fourth-order valence-corrected chi connectivity index (χ4v) is 2.95. The molecule has 122 valence electrons. The zero-order valence-electron chi connectivity index (χ0n) is 13.0. The van der Waals surface area contributed by atoms with E-state index in [1.807, 2.05) is 23.1 Å². The number of benzene rings is 1. The average molecular weight is 345 g/mol. The van der Waals surface area contributed by atoms with E-state index in [2.05, 4.69) is 12.2 Å². The second kappa shape index (κ2) is 8.61. The van der Waals surface area contributed by atoms with Gasteiger partial charge in [-0.05, 0) is 18.6 Å². The van der Waals surface area contributed by atoms with Gasteiger partial charge >= 0.3 is 6.03 Å². The molecule has 0 saturated carbocycles. The Bertz CT molecular complexity index is 502. The molecule has 1 heterocycles. The van der Waals surface area contributed by atoms with Gasteiger partial charge < -0.3 is 15.1 Å². The lowest BCUT2D eigenvalue weighted by molar-refractivity contribution is -0.917. The Balaban J connectivity index is 1.77. The number of quaternary nitrogens is 1. The minimum absolute atomic E-state index is 0.0713. The lowest BCUT2D eigenvalue weighted by atomic mass is 10.2. The highest BCUT2D eigenvalue weighted by atomic mass is 35.5. The molecule has 2 rings (SSSR count). The molecule has 2 amide bonds. The number of carbonyl (C=O) groups is 1. The van der Waals surface area contributed by atoms with Crippen LogP contribution < -0.4 is 10.2 Å². The molecule has 0 atom stereocenters. The Morgan fingerprint density at radius 3 is 2.64 bits per heavy atom. The average Bonchev–Trinajstić information content (AvgIpc) is 2.52. The van der Waals surface area contributed by atoms with Crippen LogP contribution in [0.3, 0.4) is 0 Å². The van der Waals surface area contributed by atoms with Crippen molar-refractivity contribution in [2.75, 3.05) is 32.7 Å². The maximum atomic E-state index is 12.0. The van der Waals surface area contributed by atoms with Gasteiger partial charge in [0.25, 0.3) is 0 Å². The maximum Gasteiger partial charge on any atom is 0.317 e. The molecule has 1 aromatic rings. The lowest BCUT2D eigenvalue weighted by Gasteiger charge is -2.32. The van der Waals surface area contributed by atoms with Crippen LogP contribution in [0.25, 0.3) is 0 Å². The van der Waals surface area contributed by atoms with Gasteiger partial charge in [0.15, 0.2) is 0 Å². The lowest BCUT2D eigenvalue weighted by Crippen LogP contribution is -3.13. The molecule has 0 radical (unpaired) electrons. The summed E-state index contributed by atoms with van der Waals surface area (Å²) in [6.45, 7) is 7.33. The number of amides is 2. The predicted octanol–water partition coefficient (Wildman–Crippen LogP) is 2.20. The summed E-state index contributed by atoms with van der Waals surface area (Å²) in [4.78, 5) is 15.4. The van der Waals surface area contributed by atoms with E-state index in [1.165, 1.54) is 10.5 Å². The van der Waals surface area contributed by atoms with Crippen molar-refractivity contribution in [2.24, 2.45) is 0 Å². The van der Waals surface area contributed by atoms with E-state index in [0.717, 1.165) is 52.1 Å². The largest absolute Gasteiger partial charge is 0.338 e. The van der Waals surface area contributed by atoms with E-state index >= 15 is 0 Å². The SMILES string of the molecule is CCCCNC(=O)N1CC[NH+](Cc2ccc(Cl)c(Cl)c2)CC1. The Morgan fingerprint density at radius 2 is 2.00 bits per heavy atom. The van der Waals surface area contributed by atoms with Gasteiger partial charge in [0, 0.05) is 12.1 Å². The molecule has 0 spiro atoms. The number of carbonyl (C=O) groups excluding carboxylic acids is 1. The van der Waals surface area contributed by atoms with Crippen LogP contribution in [0, 0.1) is 0 Å². The Hall–Kier alpha value is -0.970. The normalized spacial score (nSPS) is 15.9. The van der Waals surface area contributed by atoms with Crippen LogP contribution >= 0.6 is 23.2 Å². The van der Waals surface area contributed by atoms with Gasteiger partial charge in [-0.1, -0.05) is 42.6 Å². The van der Waals surface area contributed by atoms with Gasteiger partial charge in [0.1, 0.15) is 6.54 Å². The van der Waals surface area contributed by atoms with Crippen molar-refractivity contribution >= 4 is 29.2 Å². The number of nitrogens with one attached hydrogen (secondary N) is 2. The molecule has 0 aliphatic carbocycles. The smallest absolute Gasteiger partial charge is 0.317 e. The highest BCUT2D eigenvalue weighted by Crippen LogP contribution is 2.22. The molecule has 1 saturated heterocycles. The third-order valence-corrected chi connectivity index (χ3v) is 4.74. The second-order valence-corrected chi connectivity index (χ2v) is 6.56. The van der Waals surface area contributed by atoms with Crippen LogP contribution in [0.2, 0.25) is 10.0 Å². The molecule has 1 fully saturated rings. The number of urea groups is 1. The van der Waals surface area contributed by atoms with Gasteiger partial charge in [-0.3, -0.25) is 0 Å². The van der Waals surface area contributed by atoms with E-state index in [-0.39, 0.29) is 6.03 Å². The van der Waals surface area contributed by atoms with E-state index < -0.39 is 0 Å². The first kappa shape index (κ1) is 17.4. The number of piperazine rings is 1. The highest BCUT2D eigenvalue weighted by molar-refractivity contribution is 6.42. The summed E-state index contributed by atoms with van der Waals surface area (Å²) in [7, 11) is 0. The minimum atomic E-state index is 0.0713. The first-order chi connectivity index (χ1) is 10.6. The fraction of sp³-hybridized carbons (Fsp3) is 0.562. The number of hydrogen-bond acceptors (Lipinski definition) is 1. The van der Waals surface area contributed by atoms with Gasteiger partial charge in [-0.2, -0.15) is 0 Å². The fourth-order valence-electron chi connectivity index (χ4n) is 2.62. The Morgan fingerprint density at radius 1 is 1.27 bits per heavy atom. The molecular weight excluding hydrogens is 321 g/mol. The highest BCUT2D eigenvalue weighted by Gasteiger charge is 2.23. The standard InChI is InChI=1S/C16H23Cl2N3O/c1-2-3-6-19-16(22)21-9-7-20(8-10-21)12-13-4-5-14(17)15(18)11-13/h4-5,11H,2-3,6-10,12H2,1H3,(H,19,22)/p+1. The van der Waals surface area contributed by atoms with Crippen molar-refractivity contribution < 1.29 is 9.69 Å². The molecule has 6 heteroatoms. The predicted molar refractivity (Wildman–Crippen MR) is 90.7 cm³/mol. The summed E-state index contributed by atoms with van der Waals surface area (Å²) in [5.74, 6) is 0. The van der Waals surface area contributed by atoms with Crippen molar-refractivity contribution in [3.8, 4) is 0 Å². The van der Waals surface area contributed by atoms with Crippen LogP contribution in [0.1, 0.15) is 25.3 Å². The molecule has 0 unspecified atom stereocenters. The summed E-state index contributed by atoms with van der Waals surface area (Å²) in [5, 5.41) is 4.17. The van der Waals surface area contributed by atoms with Crippen LogP contribution in [-0.2, 0) is 6.54 Å². The van der Waals surface area contributed by atoms with Crippen LogP contribution in [-0.4, -0.2) is 43.7 Å². The third kappa shape index (κ3) is 5.04. The van der Waals surface area contributed by atoms with Gasteiger partial charge in [0.05, 0.1) is 36.2 Å². The van der Waals surface area contributed by atoms with Crippen LogP contribution in [0.4, 0.5) is 4.79 Å². The maximum absolute atomic E-state index is 12.0. The molecule has 1 aliphatic heterocycles. The number of nitrogens with zero attached hydrogens (tertiary/aromatic N) is 1. The minimum Gasteiger partial charge on any atom is -0.338 e.